The topological polar surface area (TPSA) is 129 Å². The third-order valence-electron chi connectivity index (χ3n) is 4.97. The van der Waals surface area contributed by atoms with Gasteiger partial charge in [-0.05, 0) is 24.3 Å². The van der Waals surface area contributed by atoms with Crippen LogP contribution >= 0.6 is 0 Å². The van der Waals surface area contributed by atoms with Gasteiger partial charge in [0, 0.05) is 23.2 Å². The van der Waals surface area contributed by atoms with Crippen molar-refractivity contribution in [1.82, 2.24) is 24.5 Å². The van der Waals surface area contributed by atoms with Gasteiger partial charge in [0.15, 0.2) is 17.2 Å². The highest BCUT2D eigenvalue weighted by Gasteiger charge is 2.21. The van der Waals surface area contributed by atoms with Gasteiger partial charge in [0.05, 0.1) is 18.3 Å². The highest BCUT2D eigenvalue weighted by Crippen LogP contribution is 2.28. The van der Waals surface area contributed by atoms with E-state index in [4.69, 9.17) is 10.5 Å². The fourth-order valence-electron chi connectivity index (χ4n) is 3.57. The molecule has 0 bridgehead atoms. The van der Waals surface area contributed by atoms with Gasteiger partial charge >= 0.3 is 5.69 Å². The number of pyridine rings is 1. The number of nitrogens with one attached hydrogen (secondary N) is 1. The predicted octanol–water partition coefficient (Wildman–Crippen LogP) is 2.43. The number of methoxy groups -OCH3 is 1. The molecule has 152 valence electrons. The Balaban J connectivity index is 1.86. The first kappa shape index (κ1) is 18.5. The number of hydrogen-bond donors (Lipinski definition) is 2. The number of hydrogen-bond acceptors (Lipinski definition) is 6. The zero-order valence-corrected chi connectivity index (χ0v) is 16.4. The average Bonchev–Trinajstić information content (AvgIpc) is 3.13. The smallest absolute Gasteiger partial charge is 0.332 e. The molecule has 0 unspecified atom stereocenters. The summed E-state index contributed by atoms with van der Waals surface area (Å²) in [6, 6.07) is 16.2. The molecule has 31 heavy (non-hydrogen) atoms. The SMILES string of the molecule is COc1cccc(-n2c(=O)[nH]c3c(C(N)=O)nc(-c4cccc5ncccc45)nc32)c1. The third kappa shape index (κ3) is 2.99. The van der Waals surface area contributed by atoms with Crippen LogP contribution in [0, 0.1) is 0 Å². The highest BCUT2D eigenvalue weighted by molar-refractivity contribution is 6.03. The molecule has 9 heteroatoms. The van der Waals surface area contributed by atoms with Crippen LogP contribution in [0.2, 0.25) is 0 Å². The number of amides is 1. The van der Waals surface area contributed by atoms with Gasteiger partial charge in [-0.2, -0.15) is 0 Å². The first-order chi connectivity index (χ1) is 15.1. The van der Waals surface area contributed by atoms with Crippen molar-refractivity contribution in [3.8, 4) is 22.8 Å². The summed E-state index contributed by atoms with van der Waals surface area (Å²) in [5.41, 5.74) is 7.39. The van der Waals surface area contributed by atoms with Crippen molar-refractivity contribution >= 4 is 28.0 Å². The van der Waals surface area contributed by atoms with Gasteiger partial charge < -0.3 is 15.5 Å². The second-order valence-electron chi connectivity index (χ2n) is 6.80. The van der Waals surface area contributed by atoms with E-state index in [1.807, 2.05) is 30.3 Å². The van der Waals surface area contributed by atoms with Crippen molar-refractivity contribution in [1.29, 1.82) is 0 Å². The summed E-state index contributed by atoms with van der Waals surface area (Å²) in [4.78, 5) is 41.0. The van der Waals surface area contributed by atoms with Gasteiger partial charge in [-0.3, -0.25) is 9.78 Å². The molecule has 0 saturated carbocycles. The summed E-state index contributed by atoms with van der Waals surface area (Å²) >= 11 is 0. The number of aromatic amines is 1. The molecule has 0 aliphatic rings. The minimum atomic E-state index is -0.772. The molecule has 0 aliphatic carbocycles. The number of carbonyl (C=O) groups is 1. The molecule has 1 amide bonds. The Bertz CT molecular complexity index is 1530. The Labute approximate surface area is 175 Å². The number of imidazole rings is 1. The van der Waals surface area contributed by atoms with Crippen LogP contribution in [-0.4, -0.2) is 37.5 Å². The Hall–Kier alpha value is -4.53. The number of nitrogens with two attached hydrogens (primary N) is 1. The summed E-state index contributed by atoms with van der Waals surface area (Å²) in [5, 5.41) is 0.811. The number of carbonyl (C=O) groups excluding carboxylic acids is 1. The molecule has 3 heterocycles. The normalized spacial score (nSPS) is 11.1. The molecule has 3 N–H and O–H groups in total. The monoisotopic (exact) mass is 412 g/mol. The predicted molar refractivity (Wildman–Crippen MR) is 115 cm³/mol. The Morgan fingerprint density at radius 3 is 2.74 bits per heavy atom. The lowest BCUT2D eigenvalue weighted by Gasteiger charge is -2.09. The first-order valence-electron chi connectivity index (χ1n) is 9.38. The van der Waals surface area contributed by atoms with Crippen molar-refractivity contribution < 1.29 is 9.53 Å². The lowest BCUT2D eigenvalue weighted by Crippen LogP contribution is -2.15. The summed E-state index contributed by atoms with van der Waals surface area (Å²) in [7, 11) is 1.54. The Morgan fingerprint density at radius 2 is 1.94 bits per heavy atom. The van der Waals surface area contributed by atoms with Crippen LogP contribution in [0.4, 0.5) is 0 Å². The zero-order chi connectivity index (χ0) is 21.5. The lowest BCUT2D eigenvalue weighted by atomic mass is 10.1. The summed E-state index contributed by atoms with van der Waals surface area (Å²) in [6.07, 6.45) is 1.69. The number of fused-ring (bicyclic) bond motifs is 2. The van der Waals surface area contributed by atoms with E-state index in [-0.39, 0.29) is 22.7 Å². The zero-order valence-electron chi connectivity index (χ0n) is 16.4. The fraction of sp³-hybridized carbons (Fsp3) is 0.0455. The standard InChI is InChI=1S/C22H16N6O3/c1-31-13-6-2-5-12(11-13)28-21-18(26-22(28)30)17(19(23)29)25-20(27-21)15-7-3-9-16-14(15)8-4-10-24-16/h2-11H,1H3,(H2,23,29)(H,26,30). The molecule has 0 atom stereocenters. The number of primary amides is 1. The largest absolute Gasteiger partial charge is 0.497 e. The van der Waals surface area contributed by atoms with E-state index in [1.54, 1.807) is 30.5 Å². The Kier molecular flexibility index (Phi) is 4.21. The van der Waals surface area contributed by atoms with Gasteiger partial charge in [-0.15, -0.1) is 0 Å². The number of nitrogens with zero attached hydrogens (tertiary/aromatic N) is 4. The molecule has 9 nitrogen and oxygen atoms in total. The minimum absolute atomic E-state index is 0.0698. The molecule has 5 rings (SSSR count). The molecule has 2 aromatic carbocycles. The molecular weight excluding hydrogens is 396 g/mol. The van der Waals surface area contributed by atoms with E-state index in [2.05, 4.69) is 19.9 Å². The molecule has 0 spiro atoms. The van der Waals surface area contributed by atoms with Gasteiger partial charge in [-0.25, -0.2) is 19.3 Å². The van der Waals surface area contributed by atoms with E-state index in [0.29, 0.717) is 17.0 Å². The lowest BCUT2D eigenvalue weighted by molar-refractivity contribution is 0.0997. The minimum Gasteiger partial charge on any atom is -0.497 e. The maximum atomic E-state index is 12.8. The third-order valence-corrected chi connectivity index (χ3v) is 4.97. The van der Waals surface area contributed by atoms with Gasteiger partial charge in [-0.1, -0.05) is 24.3 Å². The number of ether oxygens (including phenoxy) is 1. The quantitative estimate of drug-likeness (QED) is 0.466. The number of aromatic nitrogens is 5. The molecule has 0 radical (unpaired) electrons. The van der Waals surface area contributed by atoms with Crippen LogP contribution in [0.1, 0.15) is 10.5 Å². The number of benzene rings is 2. The summed E-state index contributed by atoms with van der Waals surface area (Å²) < 4.78 is 6.63. The maximum Gasteiger partial charge on any atom is 0.332 e. The van der Waals surface area contributed by atoms with Crippen molar-refractivity contribution in [2.75, 3.05) is 7.11 Å². The summed E-state index contributed by atoms with van der Waals surface area (Å²) in [5.74, 6) is 0.0601. The second kappa shape index (κ2) is 7.06. The van der Waals surface area contributed by atoms with Crippen LogP contribution in [-0.2, 0) is 0 Å². The average molecular weight is 412 g/mol. The van der Waals surface area contributed by atoms with Crippen LogP contribution in [0.3, 0.4) is 0 Å². The molecule has 0 saturated heterocycles. The van der Waals surface area contributed by atoms with Crippen LogP contribution < -0.4 is 16.2 Å². The van der Waals surface area contributed by atoms with Crippen molar-refractivity contribution in [3.63, 3.8) is 0 Å². The van der Waals surface area contributed by atoms with E-state index in [0.717, 1.165) is 10.9 Å². The van der Waals surface area contributed by atoms with Crippen molar-refractivity contribution in [2.45, 2.75) is 0 Å². The van der Waals surface area contributed by atoms with E-state index in [9.17, 15) is 9.59 Å². The number of rotatable bonds is 4. The van der Waals surface area contributed by atoms with Gasteiger partial charge in [0.1, 0.15) is 11.3 Å². The highest BCUT2D eigenvalue weighted by atomic mass is 16.5. The van der Waals surface area contributed by atoms with Crippen molar-refractivity contribution in [2.24, 2.45) is 5.73 Å². The first-order valence-corrected chi connectivity index (χ1v) is 9.38. The molecule has 3 aromatic heterocycles. The second-order valence-corrected chi connectivity index (χ2v) is 6.80. The Morgan fingerprint density at radius 1 is 1.10 bits per heavy atom. The van der Waals surface area contributed by atoms with Crippen LogP contribution in [0.25, 0.3) is 39.1 Å². The number of H-pyrrole nitrogens is 1. The van der Waals surface area contributed by atoms with E-state index in [1.165, 1.54) is 11.7 Å². The van der Waals surface area contributed by atoms with E-state index < -0.39 is 11.6 Å². The van der Waals surface area contributed by atoms with E-state index >= 15 is 0 Å². The van der Waals surface area contributed by atoms with Crippen LogP contribution in [0.5, 0.6) is 5.75 Å². The molecule has 5 aromatic rings. The maximum absolute atomic E-state index is 12.8. The van der Waals surface area contributed by atoms with Gasteiger partial charge in [0.25, 0.3) is 5.91 Å². The van der Waals surface area contributed by atoms with Crippen molar-refractivity contribution in [3.05, 3.63) is 77.0 Å². The fourth-order valence-corrected chi connectivity index (χ4v) is 3.57. The molecule has 0 aliphatic heterocycles. The molecular formula is C22H16N6O3. The molecule has 0 fully saturated rings. The summed E-state index contributed by atoms with van der Waals surface area (Å²) in [6.45, 7) is 0. The van der Waals surface area contributed by atoms with Crippen LogP contribution in [0.15, 0.2) is 65.6 Å². The van der Waals surface area contributed by atoms with Gasteiger partial charge in [0.2, 0.25) is 0 Å².